The summed E-state index contributed by atoms with van der Waals surface area (Å²) in [6.45, 7) is 4.08. The average molecular weight is 264 g/mol. The van der Waals surface area contributed by atoms with Crippen molar-refractivity contribution in [2.75, 3.05) is 26.7 Å². The van der Waals surface area contributed by atoms with Gasteiger partial charge in [-0.3, -0.25) is 4.90 Å². The molecule has 2 aliphatic rings. The van der Waals surface area contributed by atoms with E-state index in [-0.39, 0.29) is 5.82 Å². The zero-order valence-electron chi connectivity index (χ0n) is 11.4. The molecular formula is C15H21FN2O. The first kappa shape index (κ1) is 12.9. The number of fused-ring (bicyclic) bond motifs is 1. The molecule has 19 heavy (non-hydrogen) atoms. The van der Waals surface area contributed by atoms with Gasteiger partial charge in [0.05, 0.1) is 7.11 Å². The number of rotatable bonds is 3. The van der Waals surface area contributed by atoms with E-state index in [4.69, 9.17) is 4.74 Å². The number of benzene rings is 1. The Morgan fingerprint density at radius 3 is 3.11 bits per heavy atom. The summed E-state index contributed by atoms with van der Waals surface area (Å²) in [4.78, 5) is 2.41. The van der Waals surface area contributed by atoms with Crippen LogP contribution < -0.4 is 10.1 Å². The van der Waals surface area contributed by atoms with Gasteiger partial charge >= 0.3 is 0 Å². The highest BCUT2D eigenvalue weighted by molar-refractivity contribution is 5.34. The lowest BCUT2D eigenvalue weighted by Gasteiger charge is -2.24. The van der Waals surface area contributed by atoms with Crippen LogP contribution in [-0.4, -0.2) is 37.7 Å². The minimum absolute atomic E-state index is 0.189. The zero-order valence-corrected chi connectivity index (χ0v) is 11.4. The van der Waals surface area contributed by atoms with Crippen LogP contribution in [0.5, 0.6) is 5.75 Å². The number of hydrogen-bond acceptors (Lipinski definition) is 3. The molecule has 2 aliphatic heterocycles. The van der Waals surface area contributed by atoms with Gasteiger partial charge in [0.1, 0.15) is 11.6 Å². The standard InChI is InChI=1S/C15H21FN2O/c1-19-15-5-4-13(16)7-12(15)9-18-8-11-3-2-6-17-14(11)10-18/h4-5,7,11,14,17H,2-3,6,8-10H2,1H3/t11-,14+/m0/s1. The summed E-state index contributed by atoms with van der Waals surface area (Å²) in [6, 6.07) is 5.38. The summed E-state index contributed by atoms with van der Waals surface area (Å²) in [6.07, 6.45) is 2.59. The molecule has 0 unspecified atom stereocenters. The Balaban J connectivity index is 1.70. The quantitative estimate of drug-likeness (QED) is 0.904. The monoisotopic (exact) mass is 264 g/mol. The minimum Gasteiger partial charge on any atom is -0.496 e. The second-order valence-corrected chi connectivity index (χ2v) is 5.61. The largest absolute Gasteiger partial charge is 0.496 e. The first-order valence-corrected chi connectivity index (χ1v) is 7.04. The lowest BCUT2D eigenvalue weighted by Crippen LogP contribution is -2.40. The Labute approximate surface area is 113 Å². The molecule has 4 heteroatoms. The molecule has 0 aromatic heterocycles. The molecule has 1 aromatic carbocycles. The third-order valence-corrected chi connectivity index (χ3v) is 4.31. The Hall–Kier alpha value is -1.13. The second-order valence-electron chi connectivity index (χ2n) is 5.61. The van der Waals surface area contributed by atoms with Gasteiger partial charge in [0, 0.05) is 31.2 Å². The van der Waals surface area contributed by atoms with Crippen molar-refractivity contribution < 1.29 is 9.13 Å². The maximum Gasteiger partial charge on any atom is 0.123 e. The van der Waals surface area contributed by atoms with Gasteiger partial charge in [-0.2, -0.15) is 0 Å². The number of nitrogens with zero attached hydrogens (tertiary/aromatic N) is 1. The van der Waals surface area contributed by atoms with E-state index in [9.17, 15) is 4.39 Å². The van der Waals surface area contributed by atoms with Crippen molar-refractivity contribution >= 4 is 0 Å². The first-order valence-electron chi connectivity index (χ1n) is 7.04. The third kappa shape index (κ3) is 2.74. The summed E-state index contributed by atoms with van der Waals surface area (Å²) in [7, 11) is 1.64. The number of hydrogen-bond donors (Lipinski definition) is 1. The minimum atomic E-state index is -0.189. The summed E-state index contributed by atoms with van der Waals surface area (Å²) in [5.74, 6) is 1.35. The number of ether oxygens (including phenoxy) is 1. The molecule has 0 amide bonds. The molecule has 0 radical (unpaired) electrons. The van der Waals surface area contributed by atoms with Crippen molar-refractivity contribution in [3.05, 3.63) is 29.6 Å². The van der Waals surface area contributed by atoms with E-state index < -0.39 is 0 Å². The van der Waals surface area contributed by atoms with E-state index in [2.05, 4.69) is 10.2 Å². The smallest absolute Gasteiger partial charge is 0.123 e. The summed E-state index contributed by atoms with van der Waals surface area (Å²) in [5, 5.41) is 3.59. The third-order valence-electron chi connectivity index (χ3n) is 4.31. The van der Waals surface area contributed by atoms with Gasteiger partial charge in [0.25, 0.3) is 0 Å². The van der Waals surface area contributed by atoms with Crippen LogP contribution in [0.3, 0.4) is 0 Å². The second kappa shape index (κ2) is 5.47. The fraction of sp³-hybridized carbons (Fsp3) is 0.600. The Kier molecular flexibility index (Phi) is 3.71. The maximum absolute atomic E-state index is 13.4. The predicted octanol–water partition coefficient (Wildman–Crippen LogP) is 2.02. The normalized spacial score (nSPS) is 27.3. The SMILES string of the molecule is COc1ccc(F)cc1CN1C[C@@H]2CCCN[C@@H]2C1. The molecular weight excluding hydrogens is 243 g/mol. The van der Waals surface area contributed by atoms with Gasteiger partial charge in [0.15, 0.2) is 0 Å². The highest BCUT2D eigenvalue weighted by Crippen LogP contribution is 2.28. The molecule has 0 saturated carbocycles. The van der Waals surface area contributed by atoms with Crippen molar-refractivity contribution in [2.45, 2.75) is 25.4 Å². The summed E-state index contributed by atoms with van der Waals surface area (Å²) in [5.41, 5.74) is 0.946. The highest BCUT2D eigenvalue weighted by Gasteiger charge is 2.34. The highest BCUT2D eigenvalue weighted by atomic mass is 19.1. The van der Waals surface area contributed by atoms with Gasteiger partial charge < -0.3 is 10.1 Å². The summed E-state index contributed by atoms with van der Waals surface area (Å²) < 4.78 is 18.7. The molecule has 2 saturated heterocycles. The molecule has 1 N–H and O–H groups in total. The molecule has 2 fully saturated rings. The Morgan fingerprint density at radius 1 is 1.42 bits per heavy atom. The molecule has 0 spiro atoms. The van der Waals surface area contributed by atoms with Gasteiger partial charge in [0.2, 0.25) is 0 Å². The molecule has 0 aliphatic carbocycles. The van der Waals surface area contributed by atoms with E-state index in [1.54, 1.807) is 19.2 Å². The topological polar surface area (TPSA) is 24.5 Å². The molecule has 0 bridgehead atoms. The van der Waals surface area contributed by atoms with Crippen LogP contribution in [0.1, 0.15) is 18.4 Å². The van der Waals surface area contributed by atoms with Crippen molar-refractivity contribution in [2.24, 2.45) is 5.92 Å². The lowest BCUT2D eigenvalue weighted by molar-refractivity contribution is 0.304. The maximum atomic E-state index is 13.4. The molecule has 3 nitrogen and oxygen atoms in total. The molecule has 3 rings (SSSR count). The summed E-state index contributed by atoms with van der Waals surface area (Å²) >= 11 is 0. The van der Waals surface area contributed by atoms with Crippen molar-refractivity contribution in [1.29, 1.82) is 0 Å². The number of likely N-dealkylation sites (tertiary alicyclic amines) is 1. The number of piperidine rings is 1. The van der Waals surface area contributed by atoms with E-state index in [1.807, 2.05) is 0 Å². The molecule has 2 atom stereocenters. The Bertz CT molecular complexity index is 438. The molecule has 2 heterocycles. The van der Waals surface area contributed by atoms with Crippen LogP contribution in [0.25, 0.3) is 0 Å². The molecule has 104 valence electrons. The fourth-order valence-electron chi connectivity index (χ4n) is 3.38. The van der Waals surface area contributed by atoms with Crippen molar-refractivity contribution in [1.82, 2.24) is 10.2 Å². The predicted molar refractivity (Wildman–Crippen MR) is 72.7 cm³/mol. The Morgan fingerprint density at radius 2 is 2.32 bits per heavy atom. The van der Waals surface area contributed by atoms with Crippen LogP contribution in [0.2, 0.25) is 0 Å². The van der Waals surface area contributed by atoms with Crippen molar-refractivity contribution in [3.8, 4) is 5.75 Å². The van der Waals surface area contributed by atoms with E-state index in [0.717, 1.165) is 43.4 Å². The van der Waals surface area contributed by atoms with Gasteiger partial charge in [-0.05, 0) is 43.5 Å². The van der Waals surface area contributed by atoms with Crippen LogP contribution in [-0.2, 0) is 6.54 Å². The fourth-order valence-corrected chi connectivity index (χ4v) is 3.38. The number of halogens is 1. The van der Waals surface area contributed by atoms with Crippen molar-refractivity contribution in [3.63, 3.8) is 0 Å². The lowest BCUT2D eigenvalue weighted by atomic mass is 9.94. The number of methoxy groups -OCH3 is 1. The van der Waals surface area contributed by atoms with E-state index in [0.29, 0.717) is 6.04 Å². The van der Waals surface area contributed by atoms with Crippen LogP contribution in [0.4, 0.5) is 4.39 Å². The zero-order chi connectivity index (χ0) is 13.2. The van der Waals surface area contributed by atoms with E-state index >= 15 is 0 Å². The average Bonchev–Trinajstić information content (AvgIpc) is 2.81. The van der Waals surface area contributed by atoms with Gasteiger partial charge in [-0.1, -0.05) is 0 Å². The number of nitrogens with one attached hydrogen (secondary N) is 1. The molecule has 1 aromatic rings. The van der Waals surface area contributed by atoms with Crippen LogP contribution in [0.15, 0.2) is 18.2 Å². The van der Waals surface area contributed by atoms with E-state index in [1.165, 1.54) is 18.9 Å². The van der Waals surface area contributed by atoms with Crippen LogP contribution in [0, 0.1) is 11.7 Å². The van der Waals surface area contributed by atoms with Gasteiger partial charge in [-0.15, -0.1) is 0 Å². The van der Waals surface area contributed by atoms with Crippen LogP contribution >= 0.6 is 0 Å². The first-order chi connectivity index (χ1) is 9.26. The van der Waals surface area contributed by atoms with Gasteiger partial charge in [-0.25, -0.2) is 4.39 Å².